The van der Waals surface area contributed by atoms with E-state index in [9.17, 15) is 9.59 Å². The predicted octanol–water partition coefficient (Wildman–Crippen LogP) is 9.92. The van der Waals surface area contributed by atoms with Gasteiger partial charge in [-0.05, 0) is 12.8 Å². The van der Waals surface area contributed by atoms with E-state index in [1.54, 1.807) is 0 Å². The van der Waals surface area contributed by atoms with Crippen LogP contribution in [0.5, 0.6) is 0 Å². The van der Waals surface area contributed by atoms with E-state index in [2.05, 4.69) is 13.8 Å². The van der Waals surface area contributed by atoms with Crippen LogP contribution in [0.25, 0.3) is 0 Å². The summed E-state index contributed by atoms with van der Waals surface area (Å²) in [4.78, 5) is 21.6. The van der Waals surface area contributed by atoms with Crippen molar-refractivity contribution >= 4 is 11.9 Å². The normalized spacial score (nSPS) is 11.6. The molecule has 6 heteroatoms. The molecule has 0 heterocycles. The van der Waals surface area contributed by atoms with E-state index in [-0.39, 0.29) is 19.2 Å². The van der Waals surface area contributed by atoms with Crippen molar-refractivity contribution in [1.82, 2.24) is 0 Å². The second kappa shape index (κ2) is 36.9. The topological polar surface area (TPSA) is 104 Å². The number of carboxylic acid groups (broad SMARTS) is 1. The molecule has 0 spiro atoms. The quantitative estimate of drug-likeness (QED) is 0.0551. The van der Waals surface area contributed by atoms with Gasteiger partial charge in [-0.1, -0.05) is 168 Å². The smallest absolute Gasteiger partial charge is 0.305 e. The summed E-state index contributed by atoms with van der Waals surface area (Å²) in [6.45, 7) is 4.04. The maximum absolute atomic E-state index is 11.3. The fourth-order valence-corrected chi connectivity index (χ4v) is 4.90. The number of carbonyl (C=O) groups is 2. The molecular formula is C35H70O6. The number of ether oxygens (including phenoxy) is 1. The molecule has 0 radical (unpaired) electrons. The van der Waals surface area contributed by atoms with Crippen molar-refractivity contribution in [3.8, 4) is 0 Å². The largest absolute Gasteiger partial charge is 0.481 e. The average molecular weight is 587 g/mol. The monoisotopic (exact) mass is 587 g/mol. The van der Waals surface area contributed by atoms with E-state index in [1.165, 1.54) is 141 Å². The van der Waals surface area contributed by atoms with Gasteiger partial charge in [-0.15, -0.1) is 0 Å². The molecule has 1 atom stereocenters. The van der Waals surface area contributed by atoms with Crippen molar-refractivity contribution in [3.05, 3.63) is 0 Å². The van der Waals surface area contributed by atoms with E-state index >= 15 is 0 Å². The first-order valence-electron chi connectivity index (χ1n) is 17.6. The maximum Gasteiger partial charge on any atom is 0.305 e. The minimum absolute atomic E-state index is 0.104. The van der Waals surface area contributed by atoms with E-state index in [0.29, 0.717) is 12.8 Å². The molecule has 0 rings (SSSR count). The first kappa shape index (κ1) is 42.0. The Labute approximate surface area is 254 Å². The number of rotatable bonds is 31. The molecule has 0 bridgehead atoms. The Morgan fingerprint density at radius 1 is 0.512 bits per heavy atom. The van der Waals surface area contributed by atoms with Crippen LogP contribution in [0.4, 0.5) is 0 Å². The van der Waals surface area contributed by atoms with Crippen molar-refractivity contribution < 1.29 is 29.6 Å². The van der Waals surface area contributed by atoms with Crippen molar-refractivity contribution in [2.75, 3.05) is 13.2 Å². The first-order valence-corrected chi connectivity index (χ1v) is 17.6. The Morgan fingerprint density at radius 3 is 1.10 bits per heavy atom. The average Bonchev–Trinajstić information content (AvgIpc) is 2.96. The molecule has 0 aliphatic heterocycles. The Hall–Kier alpha value is -1.14. The van der Waals surface area contributed by atoms with Gasteiger partial charge in [0, 0.05) is 12.8 Å². The molecule has 0 amide bonds. The van der Waals surface area contributed by atoms with Gasteiger partial charge in [0.2, 0.25) is 0 Å². The van der Waals surface area contributed by atoms with E-state index in [1.807, 2.05) is 0 Å². The van der Waals surface area contributed by atoms with Gasteiger partial charge in [-0.25, -0.2) is 0 Å². The number of aliphatic hydroxyl groups is 2. The number of carboxylic acids is 1. The molecule has 0 fully saturated rings. The zero-order valence-corrected chi connectivity index (χ0v) is 27.4. The highest BCUT2D eigenvalue weighted by atomic mass is 16.5. The second-order valence-electron chi connectivity index (χ2n) is 11.9. The molecule has 1 unspecified atom stereocenters. The van der Waals surface area contributed by atoms with Crippen LogP contribution in [-0.4, -0.2) is 46.6 Å². The van der Waals surface area contributed by atoms with Crippen LogP contribution in [-0.2, 0) is 14.3 Å². The number of carbonyl (C=O) groups excluding carboxylic acids is 1. The van der Waals surface area contributed by atoms with Crippen LogP contribution in [0.3, 0.4) is 0 Å². The summed E-state index contributed by atoms with van der Waals surface area (Å²) in [7, 11) is 0. The lowest BCUT2D eigenvalue weighted by molar-refractivity contribution is -0.147. The first-order chi connectivity index (χ1) is 20.0. The minimum Gasteiger partial charge on any atom is -0.481 e. The molecule has 246 valence electrons. The van der Waals surface area contributed by atoms with Gasteiger partial charge in [-0.2, -0.15) is 0 Å². The lowest BCUT2D eigenvalue weighted by Crippen LogP contribution is -2.21. The Bertz CT molecular complexity index is 525. The van der Waals surface area contributed by atoms with Crippen LogP contribution in [0.15, 0.2) is 0 Å². The van der Waals surface area contributed by atoms with Gasteiger partial charge in [0.15, 0.2) is 0 Å². The van der Waals surface area contributed by atoms with Crippen LogP contribution in [0, 0.1) is 0 Å². The SMILES string of the molecule is CCCCCCCCCCCCCC(=O)OCC(O)CO.CCCCCCCCCCCCCCCCCC(=O)O. The van der Waals surface area contributed by atoms with Gasteiger partial charge in [0.1, 0.15) is 12.7 Å². The van der Waals surface area contributed by atoms with Crippen LogP contribution in [0.1, 0.15) is 194 Å². The molecular weight excluding hydrogens is 516 g/mol. The fraction of sp³-hybridized carbons (Fsp3) is 0.943. The number of aliphatic carboxylic acids is 1. The third kappa shape index (κ3) is 41.1. The standard InChI is InChI=1S/C18H36O2.C17H34O4/c1-2-3-4-5-6-7-8-9-10-11-12-13-14-15-16-17-18(19)20;1-2-3-4-5-6-7-8-9-10-11-12-13-17(20)21-15-16(19)14-18/h2-17H2,1H3,(H,19,20);16,18-19H,2-15H2,1H3. The lowest BCUT2D eigenvalue weighted by atomic mass is 10.0. The zero-order valence-electron chi connectivity index (χ0n) is 27.4. The number of esters is 1. The Morgan fingerprint density at radius 2 is 0.805 bits per heavy atom. The lowest BCUT2D eigenvalue weighted by Gasteiger charge is -2.08. The molecule has 0 aromatic rings. The third-order valence-corrected chi connectivity index (χ3v) is 7.63. The molecule has 0 saturated heterocycles. The summed E-state index contributed by atoms with van der Waals surface area (Å²) < 4.78 is 4.84. The molecule has 3 N–H and O–H groups in total. The second-order valence-corrected chi connectivity index (χ2v) is 11.9. The molecule has 0 aromatic heterocycles. The molecule has 0 saturated carbocycles. The van der Waals surface area contributed by atoms with Crippen molar-refractivity contribution in [2.45, 2.75) is 200 Å². The van der Waals surface area contributed by atoms with Crippen LogP contribution < -0.4 is 0 Å². The molecule has 6 nitrogen and oxygen atoms in total. The highest BCUT2D eigenvalue weighted by molar-refractivity contribution is 5.69. The summed E-state index contributed by atoms with van der Waals surface area (Å²) >= 11 is 0. The number of hydrogen-bond acceptors (Lipinski definition) is 5. The van der Waals surface area contributed by atoms with E-state index < -0.39 is 12.1 Å². The Balaban J connectivity index is 0. The highest BCUT2D eigenvalue weighted by Crippen LogP contribution is 2.14. The molecule has 0 aromatic carbocycles. The summed E-state index contributed by atoms with van der Waals surface area (Å²) in [5.74, 6) is -0.932. The predicted molar refractivity (Wildman–Crippen MR) is 172 cm³/mol. The number of aliphatic hydroxyl groups excluding tert-OH is 2. The summed E-state index contributed by atoms with van der Waals surface area (Å²) in [6.07, 6.45) is 33.4. The molecule has 41 heavy (non-hydrogen) atoms. The summed E-state index contributed by atoms with van der Waals surface area (Å²) in [5.41, 5.74) is 0. The van der Waals surface area contributed by atoms with Gasteiger partial charge < -0.3 is 20.1 Å². The van der Waals surface area contributed by atoms with Crippen molar-refractivity contribution in [2.24, 2.45) is 0 Å². The fourth-order valence-electron chi connectivity index (χ4n) is 4.90. The molecule has 0 aliphatic carbocycles. The van der Waals surface area contributed by atoms with Crippen molar-refractivity contribution in [1.29, 1.82) is 0 Å². The zero-order chi connectivity index (χ0) is 30.7. The van der Waals surface area contributed by atoms with Gasteiger partial charge in [0.05, 0.1) is 6.61 Å². The molecule has 0 aliphatic rings. The van der Waals surface area contributed by atoms with Crippen LogP contribution >= 0.6 is 0 Å². The van der Waals surface area contributed by atoms with Gasteiger partial charge in [0.25, 0.3) is 0 Å². The van der Waals surface area contributed by atoms with E-state index in [4.69, 9.17) is 20.1 Å². The minimum atomic E-state index is -0.953. The number of unbranched alkanes of at least 4 members (excludes halogenated alkanes) is 24. The van der Waals surface area contributed by atoms with Gasteiger partial charge >= 0.3 is 11.9 Å². The maximum atomic E-state index is 11.3. The highest BCUT2D eigenvalue weighted by Gasteiger charge is 2.07. The summed E-state index contributed by atoms with van der Waals surface area (Å²) in [5, 5.41) is 26.1. The summed E-state index contributed by atoms with van der Waals surface area (Å²) in [6, 6.07) is 0. The van der Waals surface area contributed by atoms with Crippen molar-refractivity contribution in [3.63, 3.8) is 0 Å². The number of hydrogen-bond donors (Lipinski definition) is 3. The van der Waals surface area contributed by atoms with Gasteiger partial charge in [-0.3, -0.25) is 9.59 Å². The third-order valence-electron chi connectivity index (χ3n) is 7.63. The van der Waals surface area contributed by atoms with Crippen LogP contribution in [0.2, 0.25) is 0 Å². The van der Waals surface area contributed by atoms with E-state index in [0.717, 1.165) is 25.7 Å². The Kier molecular flexibility index (Phi) is 37.8.